The van der Waals surface area contributed by atoms with E-state index in [0.717, 1.165) is 0 Å². The molecule has 0 aliphatic rings. The Hall–Kier alpha value is 1.18. The van der Waals surface area contributed by atoms with Gasteiger partial charge in [0.2, 0.25) is 0 Å². The van der Waals surface area contributed by atoms with Crippen LogP contribution >= 0.6 is 0 Å². The first-order valence-electron chi connectivity index (χ1n) is 0.707. The molecule has 5 heavy (non-hydrogen) atoms. The van der Waals surface area contributed by atoms with Gasteiger partial charge >= 0.3 is 36.9 Å². The standard InChI is InChI=1S/BO3.Lu/c2-1(3)4;/q-3;+3. The van der Waals surface area contributed by atoms with E-state index in [-0.39, 0.29) is 36.9 Å². The van der Waals surface area contributed by atoms with E-state index in [4.69, 9.17) is 15.1 Å². The number of rotatable bonds is 0. The summed E-state index contributed by atoms with van der Waals surface area (Å²) in [6, 6.07) is 0. The van der Waals surface area contributed by atoms with Crippen molar-refractivity contribution in [1.29, 1.82) is 0 Å². The molecule has 0 aliphatic heterocycles. The minimum Gasteiger partial charge on any atom is -0.907 e. The van der Waals surface area contributed by atoms with Crippen molar-refractivity contribution in [1.82, 2.24) is 0 Å². The van der Waals surface area contributed by atoms with Crippen LogP contribution < -0.4 is 15.1 Å². The molecular weight excluding hydrogens is 234 g/mol. The van der Waals surface area contributed by atoms with Gasteiger partial charge in [-0.05, 0) is 0 Å². The molecule has 0 saturated carbocycles. The summed E-state index contributed by atoms with van der Waals surface area (Å²) in [5, 5.41) is 25.2. The Labute approximate surface area is 59.0 Å². The second kappa shape index (κ2) is 5.18. The van der Waals surface area contributed by atoms with Gasteiger partial charge in [0.1, 0.15) is 0 Å². The monoisotopic (exact) mass is 234 g/mol. The maximum absolute atomic E-state index is 8.42. The van der Waals surface area contributed by atoms with Crippen LogP contribution in [0.15, 0.2) is 0 Å². The van der Waals surface area contributed by atoms with Crippen molar-refractivity contribution in [3.63, 3.8) is 0 Å². The van der Waals surface area contributed by atoms with Crippen molar-refractivity contribution >= 4 is 7.32 Å². The molecule has 0 aromatic rings. The van der Waals surface area contributed by atoms with E-state index >= 15 is 0 Å². The molecule has 0 saturated heterocycles. The molecule has 0 amide bonds. The van der Waals surface area contributed by atoms with Crippen molar-refractivity contribution in [2.45, 2.75) is 0 Å². The van der Waals surface area contributed by atoms with Crippen LogP contribution in [0.4, 0.5) is 0 Å². The van der Waals surface area contributed by atoms with E-state index in [1.807, 2.05) is 0 Å². The predicted molar refractivity (Wildman–Crippen MR) is 5.75 cm³/mol. The van der Waals surface area contributed by atoms with E-state index in [0.29, 0.717) is 0 Å². The fraction of sp³-hybridized carbons (Fsp3) is 0. The first-order chi connectivity index (χ1) is 1.73. The Bertz CT molecular complexity index is 11.6. The van der Waals surface area contributed by atoms with Crippen molar-refractivity contribution in [2.24, 2.45) is 0 Å². The minimum absolute atomic E-state index is 0. The Morgan fingerprint density at radius 2 is 1.00 bits per heavy atom. The van der Waals surface area contributed by atoms with E-state index in [9.17, 15) is 0 Å². The Morgan fingerprint density at radius 3 is 1.00 bits per heavy atom. The van der Waals surface area contributed by atoms with Crippen molar-refractivity contribution in [2.75, 3.05) is 0 Å². The first-order valence-corrected chi connectivity index (χ1v) is 0.707. The molecular formula is BLuO3. The van der Waals surface area contributed by atoms with Crippen molar-refractivity contribution in [3.8, 4) is 0 Å². The van der Waals surface area contributed by atoms with E-state index in [2.05, 4.69) is 0 Å². The minimum atomic E-state index is -2.92. The van der Waals surface area contributed by atoms with Crippen LogP contribution in [0.1, 0.15) is 0 Å². The summed E-state index contributed by atoms with van der Waals surface area (Å²) < 4.78 is 0. The van der Waals surface area contributed by atoms with Gasteiger partial charge in [-0.15, -0.1) is 0 Å². The van der Waals surface area contributed by atoms with E-state index in [1.54, 1.807) is 0 Å². The summed E-state index contributed by atoms with van der Waals surface area (Å²) in [6.45, 7) is 0. The third kappa shape index (κ3) is 37.7. The topological polar surface area (TPSA) is 69.2 Å². The normalized spacial score (nSPS) is 5.40. The number of hydrogen-bond acceptors (Lipinski definition) is 3. The molecule has 0 atom stereocenters. The van der Waals surface area contributed by atoms with Crippen LogP contribution in [0.5, 0.6) is 0 Å². The SMILES string of the molecule is [Lu+3].[O-]B([O-])[O-]. The molecule has 0 N–H and O–H groups in total. The summed E-state index contributed by atoms with van der Waals surface area (Å²) in [6.07, 6.45) is 0. The fourth-order valence-electron chi connectivity index (χ4n) is 0. The zero-order valence-electron chi connectivity index (χ0n) is 2.06. The molecule has 0 fully saturated rings. The van der Waals surface area contributed by atoms with Gasteiger partial charge in [-0.1, -0.05) is 0 Å². The van der Waals surface area contributed by atoms with Crippen molar-refractivity contribution < 1.29 is 51.9 Å². The second-order valence-corrected chi connectivity index (χ2v) is 0.289. The fourth-order valence-corrected chi connectivity index (χ4v) is 0. The molecule has 0 spiro atoms. The van der Waals surface area contributed by atoms with Gasteiger partial charge in [0.05, 0.1) is 0 Å². The molecule has 0 radical (unpaired) electrons. The maximum Gasteiger partial charge on any atom is 3.00 e. The quantitative estimate of drug-likeness (QED) is 0.401. The van der Waals surface area contributed by atoms with E-state index in [1.165, 1.54) is 0 Å². The molecule has 0 heterocycles. The van der Waals surface area contributed by atoms with Crippen LogP contribution in [-0.4, -0.2) is 7.32 Å². The van der Waals surface area contributed by atoms with E-state index < -0.39 is 7.32 Å². The molecule has 0 bridgehead atoms. The molecule has 5 heteroatoms. The summed E-state index contributed by atoms with van der Waals surface area (Å²) in [4.78, 5) is 0. The molecule has 0 aliphatic carbocycles. The predicted octanol–water partition coefficient (Wildman–Crippen LogP) is -3.95. The summed E-state index contributed by atoms with van der Waals surface area (Å²) >= 11 is 0. The molecule has 0 aromatic heterocycles. The van der Waals surface area contributed by atoms with Crippen LogP contribution in [0, 0.1) is 36.9 Å². The zero-order chi connectivity index (χ0) is 3.58. The van der Waals surface area contributed by atoms with Gasteiger partial charge in [-0.25, -0.2) is 0 Å². The maximum atomic E-state index is 8.42. The van der Waals surface area contributed by atoms with Gasteiger partial charge in [0, 0.05) is 0 Å². The second-order valence-electron chi connectivity index (χ2n) is 0.289. The van der Waals surface area contributed by atoms with Gasteiger partial charge in [0.25, 0.3) is 0 Å². The summed E-state index contributed by atoms with van der Waals surface area (Å²) in [7, 11) is -2.92. The molecule has 0 aromatic carbocycles. The molecule has 3 nitrogen and oxygen atoms in total. The van der Waals surface area contributed by atoms with Crippen LogP contribution in [0.25, 0.3) is 0 Å². The third-order valence-corrected chi connectivity index (χ3v) is 0. The summed E-state index contributed by atoms with van der Waals surface area (Å²) in [5.74, 6) is 0. The third-order valence-electron chi connectivity index (χ3n) is 0. The Kier molecular flexibility index (Phi) is 9.83. The molecule has 0 unspecified atom stereocenters. The average Bonchev–Trinajstić information content (AvgIpc) is 0.811. The van der Waals surface area contributed by atoms with Gasteiger partial charge < -0.3 is 15.1 Å². The number of hydrogen-bond donors (Lipinski definition) is 0. The largest absolute Gasteiger partial charge is 3.00 e. The Balaban J connectivity index is 0. The molecule has 36 valence electrons. The van der Waals surface area contributed by atoms with Crippen LogP contribution in [0.3, 0.4) is 0 Å². The van der Waals surface area contributed by atoms with Crippen LogP contribution in [0.2, 0.25) is 0 Å². The smallest absolute Gasteiger partial charge is 0.907 e. The van der Waals surface area contributed by atoms with Gasteiger partial charge in [-0.2, -0.15) is 0 Å². The Morgan fingerprint density at radius 1 is 1.00 bits per heavy atom. The van der Waals surface area contributed by atoms with Crippen LogP contribution in [-0.2, 0) is 0 Å². The van der Waals surface area contributed by atoms with Gasteiger partial charge in [-0.3, -0.25) is 7.32 Å². The first kappa shape index (κ1) is 9.49. The average molecular weight is 234 g/mol. The van der Waals surface area contributed by atoms with Gasteiger partial charge in [0.15, 0.2) is 0 Å². The zero-order valence-corrected chi connectivity index (χ0v) is 3.72. The summed E-state index contributed by atoms with van der Waals surface area (Å²) in [5.41, 5.74) is 0. The molecule has 0 rings (SSSR count). The van der Waals surface area contributed by atoms with Crippen molar-refractivity contribution in [3.05, 3.63) is 0 Å².